The first-order chi connectivity index (χ1) is 6.36. The van der Waals surface area contributed by atoms with Crippen LogP contribution in [0.1, 0.15) is 11.5 Å². The van der Waals surface area contributed by atoms with Crippen molar-refractivity contribution in [1.82, 2.24) is 19.6 Å². The molecule has 0 bridgehead atoms. The molecule has 0 radical (unpaired) electrons. The fraction of sp³-hybridized carbons (Fsp3) is 0.143. The zero-order valence-corrected chi connectivity index (χ0v) is 6.68. The molecular weight excluding hydrogens is 168 g/mol. The van der Waals surface area contributed by atoms with Gasteiger partial charge in [-0.1, -0.05) is 0 Å². The topological polar surface area (TPSA) is 92.9 Å². The Bertz CT molecular complexity index is 479. The third-order valence-electron chi connectivity index (χ3n) is 1.67. The van der Waals surface area contributed by atoms with Crippen molar-refractivity contribution in [2.24, 2.45) is 5.73 Å². The van der Waals surface area contributed by atoms with Crippen LogP contribution in [0.4, 0.5) is 0 Å². The van der Waals surface area contributed by atoms with Crippen molar-refractivity contribution in [3.8, 4) is 6.07 Å². The summed E-state index contributed by atoms with van der Waals surface area (Å²) in [6.07, 6.45) is 1.52. The minimum absolute atomic E-state index is 0.238. The van der Waals surface area contributed by atoms with Crippen LogP contribution in [0.25, 0.3) is 5.78 Å². The minimum atomic E-state index is 0.238. The van der Waals surface area contributed by atoms with Crippen LogP contribution in [0, 0.1) is 11.3 Å². The maximum atomic E-state index is 8.78. The maximum Gasteiger partial charge on any atom is 0.256 e. The molecule has 0 aliphatic carbocycles. The van der Waals surface area contributed by atoms with Crippen LogP contribution in [-0.4, -0.2) is 19.6 Å². The van der Waals surface area contributed by atoms with Gasteiger partial charge in [0.1, 0.15) is 11.8 Å². The highest BCUT2D eigenvalue weighted by atomic mass is 15.3. The molecule has 0 fully saturated rings. The molecule has 2 heterocycles. The molecule has 13 heavy (non-hydrogen) atoms. The van der Waals surface area contributed by atoms with Gasteiger partial charge in [0.25, 0.3) is 5.78 Å². The Morgan fingerprint density at radius 3 is 3.08 bits per heavy atom. The van der Waals surface area contributed by atoms with Gasteiger partial charge in [0.2, 0.25) is 0 Å². The van der Waals surface area contributed by atoms with Crippen molar-refractivity contribution in [2.45, 2.75) is 6.54 Å². The van der Waals surface area contributed by atoms with Crippen molar-refractivity contribution in [3.05, 3.63) is 23.8 Å². The third kappa shape index (κ3) is 1.02. The summed E-state index contributed by atoms with van der Waals surface area (Å²) < 4.78 is 1.54. The number of hydrogen-bond donors (Lipinski definition) is 1. The van der Waals surface area contributed by atoms with E-state index in [1.165, 1.54) is 6.20 Å². The number of fused-ring (bicyclic) bond motifs is 1. The van der Waals surface area contributed by atoms with E-state index in [0.29, 0.717) is 17.3 Å². The van der Waals surface area contributed by atoms with Crippen LogP contribution in [0.5, 0.6) is 0 Å². The Morgan fingerprint density at radius 1 is 1.54 bits per heavy atom. The van der Waals surface area contributed by atoms with E-state index < -0.39 is 0 Å². The van der Waals surface area contributed by atoms with Gasteiger partial charge in [0.15, 0.2) is 5.82 Å². The molecule has 0 saturated heterocycles. The van der Waals surface area contributed by atoms with Gasteiger partial charge in [-0.15, -0.1) is 10.2 Å². The second kappa shape index (κ2) is 2.80. The standard InChI is InChI=1S/C7H6N6/c8-3-5-1-2-10-7-12-11-6(4-9)13(5)7/h1-2H,4,9H2. The average molecular weight is 174 g/mol. The quantitative estimate of drug-likeness (QED) is 0.626. The van der Waals surface area contributed by atoms with Gasteiger partial charge in [0.05, 0.1) is 6.54 Å². The van der Waals surface area contributed by atoms with E-state index in [2.05, 4.69) is 15.2 Å². The van der Waals surface area contributed by atoms with Gasteiger partial charge < -0.3 is 5.73 Å². The van der Waals surface area contributed by atoms with Crippen LogP contribution in [0.3, 0.4) is 0 Å². The highest BCUT2D eigenvalue weighted by Gasteiger charge is 2.07. The molecule has 6 nitrogen and oxygen atoms in total. The van der Waals surface area contributed by atoms with Crippen molar-refractivity contribution < 1.29 is 0 Å². The zero-order chi connectivity index (χ0) is 9.26. The predicted molar refractivity (Wildman–Crippen MR) is 43.4 cm³/mol. The van der Waals surface area contributed by atoms with Crippen molar-refractivity contribution in [1.29, 1.82) is 5.26 Å². The summed E-state index contributed by atoms with van der Waals surface area (Å²) in [7, 11) is 0. The summed E-state index contributed by atoms with van der Waals surface area (Å²) in [4.78, 5) is 3.94. The lowest BCUT2D eigenvalue weighted by molar-refractivity contribution is 0.875. The first-order valence-corrected chi connectivity index (χ1v) is 3.66. The zero-order valence-electron chi connectivity index (χ0n) is 6.68. The second-order valence-corrected chi connectivity index (χ2v) is 2.40. The van der Waals surface area contributed by atoms with Crippen molar-refractivity contribution >= 4 is 5.78 Å². The summed E-state index contributed by atoms with van der Waals surface area (Å²) in [6, 6.07) is 3.61. The largest absolute Gasteiger partial charge is 0.324 e. The number of hydrogen-bond acceptors (Lipinski definition) is 5. The maximum absolute atomic E-state index is 8.78. The molecule has 0 atom stereocenters. The monoisotopic (exact) mass is 174 g/mol. The third-order valence-corrected chi connectivity index (χ3v) is 1.67. The Hall–Kier alpha value is -2.00. The number of aromatic nitrogens is 4. The number of nitriles is 1. The summed E-state index contributed by atoms with van der Waals surface area (Å²) in [5.41, 5.74) is 5.86. The first-order valence-electron chi connectivity index (χ1n) is 3.66. The van der Waals surface area contributed by atoms with E-state index in [9.17, 15) is 0 Å². The first kappa shape index (κ1) is 7.64. The fourth-order valence-corrected chi connectivity index (χ4v) is 1.11. The molecule has 2 aromatic heterocycles. The molecule has 6 heteroatoms. The average Bonchev–Trinajstić information content (AvgIpc) is 2.60. The van der Waals surface area contributed by atoms with E-state index in [1.54, 1.807) is 10.5 Å². The summed E-state index contributed by atoms with van der Waals surface area (Å²) >= 11 is 0. The molecule has 0 amide bonds. The molecule has 0 aliphatic rings. The SMILES string of the molecule is N#Cc1ccnc2nnc(CN)n12. The van der Waals surface area contributed by atoms with E-state index in [-0.39, 0.29) is 6.54 Å². The van der Waals surface area contributed by atoms with E-state index in [4.69, 9.17) is 11.0 Å². The molecule has 0 aliphatic heterocycles. The number of rotatable bonds is 1. The lowest BCUT2D eigenvalue weighted by Crippen LogP contribution is -2.05. The predicted octanol–water partition coefficient (Wildman–Crippen LogP) is -0.545. The van der Waals surface area contributed by atoms with Crippen LogP contribution in [0.15, 0.2) is 12.3 Å². The smallest absolute Gasteiger partial charge is 0.256 e. The normalized spacial score (nSPS) is 10.2. The summed E-state index contributed by atoms with van der Waals surface area (Å²) in [5.74, 6) is 0.944. The molecule has 0 unspecified atom stereocenters. The van der Waals surface area contributed by atoms with Gasteiger partial charge in [-0.3, -0.25) is 4.40 Å². The van der Waals surface area contributed by atoms with Gasteiger partial charge in [-0.25, -0.2) is 4.98 Å². The molecule has 0 aromatic carbocycles. The van der Waals surface area contributed by atoms with Gasteiger partial charge in [-0.05, 0) is 6.07 Å². The van der Waals surface area contributed by atoms with Crippen LogP contribution < -0.4 is 5.73 Å². The molecular formula is C7H6N6. The second-order valence-electron chi connectivity index (χ2n) is 2.40. The minimum Gasteiger partial charge on any atom is -0.324 e. The van der Waals surface area contributed by atoms with Crippen molar-refractivity contribution in [2.75, 3.05) is 0 Å². The summed E-state index contributed by atoms with van der Waals surface area (Å²) in [6.45, 7) is 0.238. The number of nitrogens with zero attached hydrogens (tertiary/aromatic N) is 5. The number of nitrogens with two attached hydrogens (primary N) is 1. The van der Waals surface area contributed by atoms with E-state index >= 15 is 0 Å². The molecule has 0 spiro atoms. The van der Waals surface area contributed by atoms with E-state index in [1.807, 2.05) is 6.07 Å². The molecule has 2 rings (SSSR count). The fourth-order valence-electron chi connectivity index (χ4n) is 1.11. The molecule has 2 N–H and O–H groups in total. The highest BCUT2D eigenvalue weighted by Crippen LogP contribution is 2.03. The molecule has 0 saturated carbocycles. The van der Waals surface area contributed by atoms with Crippen LogP contribution in [0.2, 0.25) is 0 Å². The van der Waals surface area contributed by atoms with Crippen molar-refractivity contribution in [3.63, 3.8) is 0 Å². The lowest BCUT2D eigenvalue weighted by Gasteiger charge is -1.96. The molecule has 64 valence electrons. The Kier molecular flexibility index (Phi) is 1.65. The molecule has 2 aromatic rings. The van der Waals surface area contributed by atoms with Crippen LogP contribution in [-0.2, 0) is 6.54 Å². The van der Waals surface area contributed by atoms with Gasteiger partial charge in [-0.2, -0.15) is 5.26 Å². The van der Waals surface area contributed by atoms with Crippen LogP contribution >= 0.6 is 0 Å². The van der Waals surface area contributed by atoms with Gasteiger partial charge in [0, 0.05) is 6.20 Å². The van der Waals surface area contributed by atoms with Gasteiger partial charge >= 0.3 is 0 Å². The highest BCUT2D eigenvalue weighted by molar-refractivity contribution is 5.35. The Morgan fingerprint density at radius 2 is 2.38 bits per heavy atom. The lowest BCUT2D eigenvalue weighted by atomic mass is 10.4. The van der Waals surface area contributed by atoms with E-state index in [0.717, 1.165) is 0 Å². The Balaban J connectivity index is 2.85. The summed E-state index contributed by atoms with van der Waals surface area (Å²) in [5, 5.41) is 16.3. The Labute approximate surface area is 73.6 Å².